The van der Waals surface area contributed by atoms with Crippen LogP contribution < -0.4 is 10.1 Å². The molecule has 0 spiro atoms. The highest BCUT2D eigenvalue weighted by Gasteiger charge is 2.16. The second-order valence-electron chi connectivity index (χ2n) is 4.92. The van der Waals surface area contributed by atoms with Gasteiger partial charge in [-0.3, -0.25) is 4.79 Å². The van der Waals surface area contributed by atoms with Gasteiger partial charge in [0.15, 0.2) is 0 Å². The van der Waals surface area contributed by atoms with Crippen molar-refractivity contribution >= 4 is 34.3 Å². The van der Waals surface area contributed by atoms with Gasteiger partial charge in [0.05, 0.1) is 19.3 Å². The molecule has 0 unspecified atom stereocenters. The zero-order valence-corrected chi connectivity index (χ0v) is 14.6. The molecule has 0 aliphatic heterocycles. The van der Waals surface area contributed by atoms with Gasteiger partial charge in [-0.25, -0.2) is 4.79 Å². The summed E-state index contributed by atoms with van der Waals surface area (Å²) in [7, 11) is 1.31. The Kier molecular flexibility index (Phi) is 6.14. The number of esters is 1. The monoisotopic (exact) mass is 345 g/mol. The second kappa shape index (κ2) is 8.31. The maximum atomic E-state index is 12.1. The first kappa shape index (κ1) is 17.7. The number of ether oxygens (including phenoxy) is 2. The topological polar surface area (TPSA) is 64.6 Å². The lowest BCUT2D eigenvalue weighted by Gasteiger charge is -2.03. The molecule has 1 aromatic heterocycles. The molecule has 0 aliphatic rings. The zero-order valence-electron chi connectivity index (χ0n) is 13.8. The van der Waals surface area contributed by atoms with Crippen LogP contribution in [0, 0.1) is 6.92 Å². The molecule has 0 atom stereocenters. The number of carbonyl (C=O) groups is 2. The Bertz CT molecular complexity index is 747. The lowest BCUT2D eigenvalue weighted by molar-refractivity contribution is -0.111. The summed E-state index contributed by atoms with van der Waals surface area (Å²) >= 11 is 1.33. The molecule has 24 heavy (non-hydrogen) atoms. The van der Waals surface area contributed by atoms with E-state index in [0.29, 0.717) is 17.2 Å². The number of hydrogen-bond donors (Lipinski definition) is 1. The Morgan fingerprint density at radius 3 is 2.58 bits per heavy atom. The minimum absolute atomic E-state index is 0.309. The molecule has 2 rings (SSSR count). The Hall–Kier alpha value is -2.60. The largest absolute Gasteiger partial charge is 0.494 e. The lowest BCUT2D eigenvalue weighted by Crippen LogP contribution is -2.10. The highest BCUT2D eigenvalue weighted by atomic mass is 32.1. The van der Waals surface area contributed by atoms with Crippen molar-refractivity contribution < 1.29 is 19.1 Å². The Balaban J connectivity index is 2.04. The van der Waals surface area contributed by atoms with Gasteiger partial charge < -0.3 is 14.8 Å². The molecule has 0 radical (unpaired) electrons. The Morgan fingerprint density at radius 1 is 1.25 bits per heavy atom. The number of methoxy groups -OCH3 is 1. The van der Waals surface area contributed by atoms with Gasteiger partial charge in [0.2, 0.25) is 5.91 Å². The summed E-state index contributed by atoms with van der Waals surface area (Å²) in [6, 6.07) is 9.12. The van der Waals surface area contributed by atoms with E-state index in [1.165, 1.54) is 24.5 Å². The molecule has 1 aromatic carbocycles. The Morgan fingerprint density at radius 2 is 1.96 bits per heavy atom. The van der Waals surface area contributed by atoms with E-state index in [1.807, 2.05) is 38.1 Å². The molecule has 0 saturated carbocycles. The van der Waals surface area contributed by atoms with Crippen molar-refractivity contribution in [3.8, 4) is 5.75 Å². The predicted octanol–water partition coefficient (Wildman–Crippen LogP) is 3.89. The van der Waals surface area contributed by atoms with Gasteiger partial charge in [0.1, 0.15) is 10.8 Å². The summed E-state index contributed by atoms with van der Waals surface area (Å²) in [5, 5.41) is 3.20. The standard InChI is InChI=1S/C18H19NO4S/c1-4-23-14-8-5-13(6-9-14)7-10-16(20)19-17-15(18(21)22-3)11-12(2)24-17/h5-11H,4H2,1-3H3,(H,19,20)/b10-7+. The van der Waals surface area contributed by atoms with Crippen LogP contribution in [0.4, 0.5) is 5.00 Å². The fraction of sp³-hybridized carbons (Fsp3) is 0.222. The van der Waals surface area contributed by atoms with Crippen molar-refractivity contribution in [1.29, 1.82) is 0 Å². The van der Waals surface area contributed by atoms with E-state index in [-0.39, 0.29) is 5.91 Å². The minimum Gasteiger partial charge on any atom is -0.494 e. The number of thiophene rings is 1. The van der Waals surface area contributed by atoms with Crippen LogP contribution in [0.1, 0.15) is 27.7 Å². The number of carbonyl (C=O) groups excluding carboxylic acids is 2. The normalized spacial score (nSPS) is 10.6. The predicted molar refractivity (Wildman–Crippen MR) is 95.7 cm³/mol. The molecular weight excluding hydrogens is 326 g/mol. The fourth-order valence-corrected chi connectivity index (χ4v) is 2.94. The molecular formula is C18H19NO4S. The van der Waals surface area contributed by atoms with Crippen LogP contribution in [0.2, 0.25) is 0 Å². The highest BCUT2D eigenvalue weighted by Crippen LogP contribution is 2.28. The molecule has 1 N–H and O–H groups in total. The van der Waals surface area contributed by atoms with Crippen molar-refractivity contribution in [2.45, 2.75) is 13.8 Å². The molecule has 0 saturated heterocycles. The maximum absolute atomic E-state index is 12.1. The number of benzene rings is 1. The highest BCUT2D eigenvalue weighted by molar-refractivity contribution is 7.16. The third kappa shape index (κ3) is 4.70. The molecule has 1 heterocycles. The first-order chi connectivity index (χ1) is 11.5. The van der Waals surface area contributed by atoms with Crippen molar-refractivity contribution in [3.63, 3.8) is 0 Å². The van der Waals surface area contributed by atoms with Gasteiger partial charge in [-0.15, -0.1) is 11.3 Å². The summed E-state index contributed by atoms with van der Waals surface area (Å²) in [5.41, 5.74) is 1.24. The molecule has 0 aliphatic carbocycles. The zero-order chi connectivity index (χ0) is 17.5. The molecule has 126 valence electrons. The number of anilines is 1. The van der Waals surface area contributed by atoms with E-state index in [9.17, 15) is 9.59 Å². The second-order valence-corrected chi connectivity index (χ2v) is 6.17. The maximum Gasteiger partial charge on any atom is 0.340 e. The van der Waals surface area contributed by atoms with E-state index in [2.05, 4.69) is 5.32 Å². The summed E-state index contributed by atoms with van der Waals surface area (Å²) in [6.07, 6.45) is 3.12. The van der Waals surface area contributed by atoms with Gasteiger partial charge in [-0.1, -0.05) is 12.1 Å². The van der Waals surface area contributed by atoms with Gasteiger partial charge in [0, 0.05) is 11.0 Å². The fourth-order valence-electron chi connectivity index (χ4n) is 2.04. The third-order valence-corrected chi connectivity index (χ3v) is 4.08. The quantitative estimate of drug-likeness (QED) is 0.637. The first-order valence-electron chi connectivity index (χ1n) is 7.44. The van der Waals surface area contributed by atoms with Crippen LogP contribution in [-0.4, -0.2) is 25.6 Å². The molecule has 0 bridgehead atoms. The van der Waals surface area contributed by atoms with E-state index in [0.717, 1.165) is 16.2 Å². The Labute approximate surface area is 144 Å². The number of hydrogen-bond acceptors (Lipinski definition) is 5. The summed E-state index contributed by atoms with van der Waals surface area (Å²) in [6.45, 7) is 4.40. The summed E-state index contributed by atoms with van der Waals surface area (Å²) in [5.74, 6) is 0.0110. The van der Waals surface area contributed by atoms with E-state index < -0.39 is 5.97 Å². The van der Waals surface area contributed by atoms with E-state index >= 15 is 0 Å². The van der Waals surface area contributed by atoms with Gasteiger partial charge in [0.25, 0.3) is 0 Å². The molecule has 6 heteroatoms. The van der Waals surface area contributed by atoms with Crippen LogP contribution in [0.15, 0.2) is 36.4 Å². The van der Waals surface area contributed by atoms with Crippen molar-refractivity contribution in [3.05, 3.63) is 52.4 Å². The van der Waals surface area contributed by atoms with E-state index in [4.69, 9.17) is 9.47 Å². The first-order valence-corrected chi connectivity index (χ1v) is 8.25. The minimum atomic E-state index is -0.467. The molecule has 5 nitrogen and oxygen atoms in total. The lowest BCUT2D eigenvalue weighted by atomic mass is 10.2. The van der Waals surface area contributed by atoms with Gasteiger partial charge >= 0.3 is 5.97 Å². The van der Waals surface area contributed by atoms with Crippen LogP contribution >= 0.6 is 11.3 Å². The smallest absolute Gasteiger partial charge is 0.340 e. The number of amides is 1. The number of rotatable bonds is 6. The van der Waals surface area contributed by atoms with Gasteiger partial charge in [-0.2, -0.15) is 0 Å². The van der Waals surface area contributed by atoms with Crippen LogP contribution in [0.5, 0.6) is 5.75 Å². The average molecular weight is 345 g/mol. The third-order valence-electron chi connectivity index (χ3n) is 3.12. The van der Waals surface area contributed by atoms with Gasteiger partial charge in [-0.05, 0) is 43.7 Å². The van der Waals surface area contributed by atoms with Crippen molar-refractivity contribution in [2.75, 3.05) is 19.0 Å². The summed E-state index contributed by atoms with van der Waals surface area (Å²) in [4.78, 5) is 24.7. The number of aryl methyl sites for hydroxylation is 1. The molecule has 0 fully saturated rings. The summed E-state index contributed by atoms with van der Waals surface area (Å²) < 4.78 is 10.1. The van der Waals surface area contributed by atoms with E-state index in [1.54, 1.807) is 12.1 Å². The van der Waals surface area contributed by atoms with Crippen molar-refractivity contribution in [2.24, 2.45) is 0 Å². The molecule has 2 aromatic rings. The SMILES string of the molecule is CCOc1ccc(/C=C/C(=O)Nc2sc(C)cc2C(=O)OC)cc1. The van der Waals surface area contributed by atoms with Crippen LogP contribution in [-0.2, 0) is 9.53 Å². The van der Waals surface area contributed by atoms with Crippen molar-refractivity contribution in [1.82, 2.24) is 0 Å². The average Bonchev–Trinajstić information content (AvgIpc) is 2.94. The number of nitrogens with one attached hydrogen (secondary N) is 1. The van der Waals surface area contributed by atoms with Crippen LogP contribution in [0.25, 0.3) is 6.08 Å². The van der Waals surface area contributed by atoms with Crippen LogP contribution in [0.3, 0.4) is 0 Å². The molecule has 1 amide bonds.